The molecule has 2 aromatic heterocycles. The molecule has 3 aromatic rings. The molecule has 0 aliphatic carbocycles. The van der Waals surface area contributed by atoms with Gasteiger partial charge in [-0.3, -0.25) is 9.78 Å². The number of halogens is 1. The maximum atomic E-state index is 13.0. The summed E-state index contributed by atoms with van der Waals surface area (Å²) < 4.78 is 20.8. The highest BCUT2D eigenvalue weighted by Crippen LogP contribution is 2.19. The van der Waals surface area contributed by atoms with E-state index in [1.54, 1.807) is 30.9 Å². The molecule has 0 bridgehead atoms. The number of carbonyl (C=O) groups excluding carboxylic acids is 1. The van der Waals surface area contributed by atoms with Gasteiger partial charge in [0, 0.05) is 19.3 Å². The van der Waals surface area contributed by atoms with Crippen LogP contribution < -0.4 is 4.74 Å². The van der Waals surface area contributed by atoms with Crippen molar-refractivity contribution < 1.29 is 13.9 Å². The summed E-state index contributed by atoms with van der Waals surface area (Å²) in [5, 5.41) is 0. The van der Waals surface area contributed by atoms with Crippen LogP contribution in [0.4, 0.5) is 4.39 Å². The van der Waals surface area contributed by atoms with E-state index in [-0.39, 0.29) is 18.1 Å². The minimum absolute atomic E-state index is 0.0215. The third-order valence-electron chi connectivity index (χ3n) is 4.62. The van der Waals surface area contributed by atoms with Crippen molar-refractivity contribution in [2.75, 3.05) is 6.54 Å². The predicted octanol–water partition coefficient (Wildman–Crippen LogP) is 2.58. The summed E-state index contributed by atoms with van der Waals surface area (Å²) in [5.41, 5.74) is 2.61. The minimum Gasteiger partial charge on any atom is -0.486 e. The summed E-state index contributed by atoms with van der Waals surface area (Å²) in [4.78, 5) is 22.9. The molecule has 7 heteroatoms. The van der Waals surface area contributed by atoms with Crippen molar-refractivity contribution in [2.45, 2.75) is 26.1 Å². The lowest BCUT2D eigenvalue weighted by atomic mass is 10.1. The topological polar surface area (TPSA) is 60.2 Å². The number of ether oxygens (including phenoxy) is 1. The van der Waals surface area contributed by atoms with Gasteiger partial charge in [-0.2, -0.15) is 0 Å². The van der Waals surface area contributed by atoms with Crippen molar-refractivity contribution in [3.8, 4) is 5.75 Å². The first-order valence-corrected chi connectivity index (χ1v) is 8.77. The van der Waals surface area contributed by atoms with Crippen LogP contribution in [0.5, 0.6) is 5.75 Å². The second kappa shape index (κ2) is 7.57. The Kier molecular flexibility index (Phi) is 4.82. The van der Waals surface area contributed by atoms with Crippen LogP contribution in [0.3, 0.4) is 0 Å². The van der Waals surface area contributed by atoms with Crippen LogP contribution in [0.15, 0.2) is 55.1 Å². The summed E-state index contributed by atoms with van der Waals surface area (Å²) in [6, 6.07) is 9.70. The second-order valence-electron chi connectivity index (χ2n) is 6.43. The fourth-order valence-corrected chi connectivity index (χ4v) is 3.12. The number of pyridine rings is 1. The molecular formula is C20H19FN4O2. The van der Waals surface area contributed by atoms with Crippen molar-refractivity contribution in [3.05, 3.63) is 77.9 Å². The molecule has 1 aliphatic heterocycles. The van der Waals surface area contributed by atoms with Crippen molar-refractivity contribution in [1.29, 1.82) is 0 Å². The Balaban J connectivity index is 1.42. The number of hydrogen-bond acceptors (Lipinski definition) is 4. The average molecular weight is 366 g/mol. The lowest BCUT2D eigenvalue weighted by Crippen LogP contribution is -2.39. The first kappa shape index (κ1) is 17.2. The van der Waals surface area contributed by atoms with Gasteiger partial charge in [-0.05, 0) is 29.8 Å². The van der Waals surface area contributed by atoms with E-state index in [2.05, 4.69) is 14.5 Å². The fraction of sp³-hybridized carbons (Fsp3) is 0.250. The number of hydrogen-bond donors (Lipinski definition) is 0. The molecule has 1 aliphatic rings. The zero-order valence-corrected chi connectivity index (χ0v) is 14.7. The minimum atomic E-state index is -0.300. The molecule has 3 heterocycles. The van der Waals surface area contributed by atoms with Gasteiger partial charge in [0.1, 0.15) is 23.9 Å². The van der Waals surface area contributed by atoms with Crippen LogP contribution in [0.25, 0.3) is 0 Å². The standard InChI is InChI=1S/C20H19FN4O2/c21-16-5-3-15(4-6-16)10-20(26)24-8-9-25-14-23-18(19(25)12-24)13-27-17-2-1-7-22-11-17/h1-7,11,14H,8-10,12-13H2. The van der Waals surface area contributed by atoms with Crippen molar-refractivity contribution >= 4 is 5.91 Å². The van der Waals surface area contributed by atoms with Gasteiger partial charge in [0.05, 0.1) is 31.2 Å². The summed E-state index contributed by atoms with van der Waals surface area (Å²) in [5.74, 6) is 0.402. The molecule has 4 rings (SSSR count). The molecule has 0 radical (unpaired) electrons. The molecule has 0 saturated carbocycles. The van der Waals surface area contributed by atoms with Gasteiger partial charge in [-0.15, -0.1) is 0 Å². The number of amides is 1. The lowest BCUT2D eigenvalue weighted by Gasteiger charge is -2.29. The summed E-state index contributed by atoms with van der Waals surface area (Å²) >= 11 is 0. The van der Waals surface area contributed by atoms with Gasteiger partial charge in [0.2, 0.25) is 5.91 Å². The monoisotopic (exact) mass is 366 g/mol. The molecule has 0 atom stereocenters. The smallest absolute Gasteiger partial charge is 0.227 e. The first-order chi connectivity index (χ1) is 13.2. The molecule has 0 unspecified atom stereocenters. The van der Waals surface area contributed by atoms with Crippen molar-refractivity contribution in [1.82, 2.24) is 19.4 Å². The van der Waals surface area contributed by atoms with Crippen LogP contribution in [-0.2, 0) is 30.9 Å². The van der Waals surface area contributed by atoms with Crippen LogP contribution in [0.1, 0.15) is 17.0 Å². The number of aromatic nitrogens is 3. The third kappa shape index (κ3) is 3.97. The number of benzene rings is 1. The molecule has 27 heavy (non-hydrogen) atoms. The van der Waals surface area contributed by atoms with E-state index in [9.17, 15) is 9.18 Å². The Hall–Kier alpha value is -3.22. The van der Waals surface area contributed by atoms with Gasteiger partial charge >= 0.3 is 0 Å². The number of carbonyl (C=O) groups is 1. The summed E-state index contributed by atoms with van der Waals surface area (Å²) in [6.45, 7) is 2.15. The number of fused-ring (bicyclic) bond motifs is 1. The highest BCUT2D eigenvalue weighted by molar-refractivity contribution is 5.78. The molecule has 1 amide bonds. The first-order valence-electron chi connectivity index (χ1n) is 8.77. The van der Waals surface area contributed by atoms with Crippen LogP contribution in [-0.4, -0.2) is 31.9 Å². The zero-order valence-electron chi connectivity index (χ0n) is 14.7. The molecule has 0 N–H and O–H groups in total. The maximum Gasteiger partial charge on any atom is 0.227 e. The Labute approximate surface area is 156 Å². The molecule has 138 valence electrons. The highest BCUT2D eigenvalue weighted by atomic mass is 19.1. The Morgan fingerprint density at radius 1 is 1.19 bits per heavy atom. The van der Waals surface area contributed by atoms with Crippen molar-refractivity contribution in [2.24, 2.45) is 0 Å². The molecule has 0 spiro atoms. The Morgan fingerprint density at radius 3 is 2.81 bits per heavy atom. The fourth-order valence-electron chi connectivity index (χ4n) is 3.12. The lowest BCUT2D eigenvalue weighted by molar-refractivity contribution is -0.131. The SMILES string of the molecule is O=C(Cc1ccc(F)cc1)N1CCn2cnc(COc3cccnc3)c2C1. The molecule has 0 saturated heterocycles. The maximum absolute atomic E-state index is 13.0. The van der Waals surface area contributed by atoms with Crippen LogP contribution in [0.2, 0.25) is 0 Å². The van der Waals surface area contributed by atoms with E-state index in [0.29, 0.717) is 32.0 Å². The Bertz CT molecular complexity index is 925. The van der Waals surface area contributed by atoms with Gasteiger partial charge < -0.3 is 14.2 Å². The van der Waals surface area contributed by atoms with E-state index in [0.717, 1.165) is 17.0 Å². The van der Waals surface area contributed by atoms with E-state index >= 15 is 0 Å². The quantitative estimate of drug-likeness (QED) is 0.696. The van der Waals surface area contributed by atoms with Crippen LogP contribution in [0, 0.1) is 5.82 Å². The van der Waals surface area contributed by atoms with Crippen molar-refractivity contribution in [3.63, 3.8) is 0 Å². The Morgan fingerprint density at radius 2 is 2.04 bits per heavy atom. The number of nitrogens with zero attached hydrogens (tertiary/aromatic N) is 4. The molecule has 1 aromatic carbocycles. The van der Waals surface area contributed by atoms with Crippen LogP contribution >= 0.6 is 0 Å². The second-order valence-corrected chi connectivity index (χ2v) is 6.43. The predicted molar refractivity (Wildman–Crippen MR) is 96.3 cm³/mol. The zero-order chi connectivity index (χ0) is 18.6. The van der Waals surface area contributed by atoms with Gasteiger partial charge in [-0.1, -0.05) is 12.1 Å². The van der Waals surface area contributed by atoms with E-state index in [1.807, 2.05) is 17.0 Å². The number of imidazole rings is 1. The van der Waals surface area contributed by atoms with E-state index in [4.69, 9.17) is 4.74 Å². The normalized spacial score (nSPS) is 13.3. The molecule has 0 fully saturated rings. The average Bonchev–Trinajstić information content (AvgIpc) is 3.11. The third-order valence-corrected chi connectivity index (χ3v) is 4.62. The van der Waals surface area contributed by atoms with Gasteiger partial charge in [0.15, 0.2) is 0 Å². The van der Waals surface area contributed by atoms with Gasteiger partial charge in [-0.25, -0.2) is 9.37 Å². The van der Waals surface area contributed by atoms with E-state index < -0.39 is 0 Å². The highest BCUT2D eigenvalue weighted by Gasteiger charge is 2.24. The summed E-state index contributed by atoms with van der Waals surface area (Å²) in [7, 11) is 0. The molecular weight excluding hydrogens is 347 g/mol. The van der Waals surface area contributed by atoms with Gasteiger partial charge in [0.25, 0.3) is 0 Å². The summed E-state index contributed by atoms with van der Waals surface area (Å²) in [6.07, 6.45) is 5.39. The molecule has 6 nitrogen and oxygen atoms in total. The largest absolute Gasteiger partial charge is 0.486 e. The number of rotatable bonds is 5. The van der Waals surface area contributed by atoms with E-state index in [1.165, 1.54) is 12.1 Å².